The Bertz CT molecular complexity index is 1020. The van der Waals surface area contributed by atoms with Crippen LogP contribution in [0.3, 0.4) is 0 Å². The number of anilines is 2. The molecule has 0 bridgehead atoms. The molecular weight excluding hydrogens is 418 g/mol. The lowest BCUT2D eigenvalue weighted by atomic mass is 10.0. The van der Waals surface area contributed by atoms with Gasteiger partial charge in [-0.3, -0.25) is 19.4 Å². The van der Waals surface area contributed by atoms with Crippen molar-refractivity contribution in [2.24, 2.45) is 0 Å². The number of aryl methyl sites for hydroxylation is 1. The quantitative estimate of drug-likeness (QED) is 0.257. The van der Waals surface area contributed by atoms with Gasteiger partial charge >= 0.3 is 11.9 Å². The highest BCUT2D eigenvalue weighted by Gasteiger charge is 2.21. The molecule has 0 aliphatic heterocycles. The summed E-state index contributed by atoms with van der Waals surface area (Å²) >= 11 is 0. The third-order valence-electron chi connectivity index (χ3n) is 4.92. The third kappa shape index (κ3) is 7.42. The SMILES string of the molecule is Nc1nc(N)c(CCCCCc2ccc(C(=O)N[C@@H](CCC(=O)O)C(=O)O)cc2)c(=O)[nH]1. The Balaban J connectivity index is 1.80. The second-order valence-corrected chi connectivity index (χ2v) is 7.37. The van der Waals surface area contributed by atoms with Crippen molar-refractivity contribution in [1.29, 1.82) is 0 Å². The highest BCUT2D eigenvalue weighted by atomic mass is 16.4. The highest BCUT2D eigenvalue weighted by Crippen LogP contribution is 2.13. The highest BCUT2D eigenvalue weighted by molar-refractivity contribution is 5.96. The maximum atomic E-state index is 12.3. The molecule has 0 aliphatic carbocycles. The Morgan fingerprint density at radius 2 is 1.69 bits per heavy atom. The van der Waals surface area contributed by atoms with Crippen molar-refractivity contribution in [3.8, 4) is 0 Å². The molecule has 1 aromatic carbocycles. The second-order valence-electron chi connectivity index (χ2n) is 7.37. The fraction of sp³-hybridized carbons (Fsp3) is 0.381. The molecule has 172 valence electrons. The molecule has 32 heavy (non-hydrogen) atoms. The van der Waals surface area contributed by atoms with Crippen LogP contribution in [0.25, 0.3) is 0 Å². The summed E-state index contributed by atoms with van der Waals surface area (Å²) < 4.78 is 0. The van der Waals surface area contributed by atoms with Crippen LogP contribution in [-0.2, 0) is 22.4 Å². The van der Waals surface area contributed by atoms with Crippen molar-refractivity contribution in [2.75, 3.05) is 11.5 Å². The number of hydrogen-bond donors (Lipinski definition) is 6. The topological polar surface area (TPSA) is 201 Å². The number of rotatable bonds is 12. The zero-order valence-electron chi connectivity index (χ0n) is 17.5. The van der Waals surface area contributed by atoms with Crippen LogP contribution in [0.1, 0.15) is 53.6 Å². The van der Waals surface area contributed by atoms with E-state index >= 15 is 0 Å². The first kappa shape index (κ1) is 24.4. The minimum Gasteiger partial charge on any atom is -0.481 e. The average Bonchev–Trinajstić information content (AvgIpc) is 2.72. The van der Waals surface area contributed by atoms with Gasteiger partial charge in [-0.15, -0.1) is 0 Å². The molecule has 1 heterocycles. The van der Waals surface area contributed by atoms with Crippen molar-refractivity contribution in [1.82, 2.24) is 15.3 Å². The summed E-state index contributed by atoms with van der Waals surface area (Å²) in [4.78, 5) is 52.2. The van der Waals surface area contributed by atoms with Gasteiger partial charge in [0, 0.05) is 12.0 Å². The number of amides is 1. The van der Waals surface area contributed by atoms with Gasteiger partial charge in [-0.05, 0) is 49.8 Å². The molecular formula is C21H27N5O6. The van der Waals surface area contributed by atoms with Crippen LogP contribution >= 0.6 is 0 Å². The number of benzene rings is 1. The van der Waals surface area contributed by atoms with Crippen molar-refractivity contribution in [3.05, 3.63) is 51.3 Å². The van der Waals surface area contributed by atoms with Crippen LogP contribution < -0.4 is 22.3 Å². The fourth-order valence-corrected chi connectivity index (χ4v) is 3.17. The fourth-order valence-electron chi connectivity index (χ4n) is 3.17. The minimum absolute atomic E-state index is 0.00730. The minimum atomic E-state index is -1.28. The van der Waals surface area contributed by atoms with Crippen molar-refractivity contribution >= 4 is 29.6 Å². The van der Waals surface area contributed by atoms with E-state index < -0.39 is 23.9 Å². The number of carbonyl (C=O) groups excluding carboxylic acids is 1. The molecule has 0 saturated heterocycles. The van der Waals surface area contributed by atoms with Crippen LogP contribution in [0.15, 0.2) is 29.1 Å². The zero-order chi connectivity index (χ0) is 23.7. The standard InChI is InChI=1S/C21H27N5O6/c22-17-14(19(30)26-21(23)25-17)5-3-1-2-4-12-6-8-13(9-7-12)18(29)24-15(20(31)32)10-11-16(27)28/h6-9,15H,1-5,10-11H2,(H,24,29)(H,27,28)(H,31,32)(H5,22,23,25,26,30)/t15-/m0/s1. The third-order valence-corrected chi connectivity index (χ3v) is 4.92. The van der Waals surface area contributed by atoms with Gasteiger partial charge in [0.2, 0.25) is 5.95 Å². The first-order valence-corrected chi connectivity index (χ1v) is 10.2. The molecule has 2 aromatic rings. The number of aliphatic carboxylic acids is 2. The van der Waals surface area contributed by atoms with Crippen molar-refractivity contribution < 1.29 is 24.6 Å². The van der Waals surface area contributed by atoms with Gasteiger partial charge in [-0.2, -0.15) is 4.98 Å². The van der Waals surface area contributed by atoms with Gasteiger partial charge in [0.15, 0.2) is 0 Å². The number of nitrogens with one attached hydrogen (secondary N) is 2. The number of carbonyl (C=O) groups is 3. The molecule has 2 rings (SSSR count). The number of unbranched alkanes of at least 4 members (excludes halogenated alkanes) is 2. The molecule has 0 fully saturated rings. The molecule has 1 aromatic heterocycles. The molecule has 1 amide bonds. The summed E-state index contributed by atoms with van der Waals surface area (Å²) in [6, 6.07) is 5.50. The monoisotopic (exact) mass is 445 g/mol. The number of nitrogens with two attached hydrogens (primary N) is 2. The molecule has 1 atom stereocenters. The van der Waals surface area contributed by atoms with E-state index in [-0.39, 0.29) is 30.2 Å². The summed E-state index contributed by atoms with van der Waals surface area (Å²) in [5.74, 6) is -2.85. The Morgan fingerprint density at radius 1 is 1.03 bits per heavy atom. The van der Waals surface area contributed by atoms with Crippen LogP contribution in [0.4, 0.5) is 11.8 Å². The Labute approximate surface area is 183 Å². The van der Waals surface area contributed by atoms with Crippen molar-refractivity contribution in [3.63, 3.8) is 0 Å². The molecule has 0 radical (unpaired) electrons. The Morgan fingerprint density at radius 3 is 2.28 bits per heavy atom. The van der Waals surface area contributed by atoms with E-state index in [4.69, 9.17) is 21.7 Å². The number of carboxylic acids is 2. The molecule has 8 N–H and O–H groups in total. The number of H-pyrrole nitrogens is 1. The Hall–Kier alpha value is -3.89. The van der Waals surface area contributed by atoms with E-state index in [1.165, 1.54) is 0 Å². The van der Waals surface area contributed by atoms with Crippen LogP contribution in [0.5, 0.6) is 0 Å². The molecule has 11 heteroatoms. The zero-order valence-corrected chi connectivity index (χ0v) is 17.5. The Kier molecular flexibility index (Phi) is 8.75. The molecule has 11 nitrogen and oxygen atoms in total. The van der Waals surface area contributed by atoms with Crippen LogP contribution in [0, 0.1) is 0 Å². The molecule has 0 spiro atoms. The molecule has 0 unspecified atom stereocenters. The summed E-state index contributed by atoms with van der Waals surface area (Å²) in [7, 11) is 0. The summed E-state index contributed by atoms with van der Waals surface area (Å²) in [5, 5.41) is 20.2. The largest absolute Gasteiger partial charge is 0.481 e. The number of carboxylic acid groups (broad SMARTS) is 2. The number of aromatic nitrogens is 2. The number of hydrogen-bond acceptors (Lipinski definition) is 7. The van der Waals surface area contributed by atoms with Gasteiger partial charge in [-0.1, -0.05) is 18.6 Å². The average molecular weight is 445 g/mol. The lowest BCUT2D eigenvalue weighted by Crippen LogP contribution is -2.41. The summed E-state index contributed by atoms with van der Waals surface area (Å²) in [6.45, 7) is 0. The predicted molar refractivity (Wildman–Crippen MR) is 117 cm³/mol. The lowest BCUT2D eigenvalue weighted by Gasteiger charge is -2.13. The van der Waals surface area contributed by atoms with Gasteiger partial charge in [0.1, 0.15) is 11.9 Å². The summed E-state index contributed by atoms with van der Waals surface area (Å²) in [6.07, 6.45) is 3.19. The van der Waals surface area contributed by atoms with Gasteiger partial charge in [0.05, 0.1) is 5.56 Å². The lowest BCUT2D eigenvalue weighted by molar-refractivity contribution is -0.140. The maximum Gasteiger partial charge on any atom is 0.326 e. The number of aromatic amines is 1. The van der Waals surface area contributed by atoms with Gasteiger partial charge < -0.3 is 27.0 Å². The second kappa shape index (κ2) is 11.5. The molecule has 0 saturated carbocycles. The van der Waals surface area contributed by atoms with E-state index in [0.29, 0.717) is 17.5 Å². The molecule has 0 aliphatic rings. The van der Waals surface area contributed by atoms with Gasteiger partial charge in [-0.25, -0.2) is 4.79 Å². The summed E-state index contributed by atoms with van der Waals surface area (Å²) in [5.41, 5.74) is 12.6. The first-order valence-electron chi connectivity index (χ1n) is 10.2. The number of nitrogen functional groups attached to an aromatic ring is 2. The van der Waals surface area contributed by atoms with Gasteiger partial charge in [0.25, 0.3) is 11.5 Å². The van der Waals surface area contributed by atoms with E-state index in [0.717, 1.165) is 31.2 Å². The van der Waals surface area contributed by atoms with Crippen LogP contribution in [-0.4, -0.2) is 44.1 Å². The first-order chi connectivity index (χ1) is 15.2. The normalized spacial score (nSPS) is 11.6. The maximum absolute atomic E-state index is 12.3. The predicted octanol–water partition coefficient (Wildman–Crippen LogP) is 0.938. The van der Waals surface area contributed by atoms with E-state index in [1.54, 1.807) is 24.3 Å². The van der Waals surface area contributed by atoms with E-state index in [2.05, 4.69) is 15.3 Å². The van der Waals surface area contributed by atoms with Crippen molar-refractivity contribution in [2.45, 2.75) is 51.0 Å². The van der Waals surface area contributed by atoms with Crippen LogP contribution in [0.2, 0.25) is 0 Å². The smallest absolute Gasteiger partial charge is 0.326 e. The van der Waals surface area contributed by atoms with E-state index in [1.807, 2.05) is 0 Å². The van der Waals surface area contributed by atoms with E-state index in [9.17, 15) is 19.2 Å². The number of nitrogens with zero attached hydrogens (tertiary/aromatic N) is 1.